The predicted octanol–water partition coefficient (Wildman–Crippen LogP) is 6.18. The number of nitrogens with zero attached hydrogens (tertiary/aromatic N) is 3. The zero-order valence-electron chi connectivity index (χ0n) is 22.7. The van der Waals surface area contributed by atoms with Crippen LogP contribution in [0.1, 0.15) is 49.4 Å². The Hall–Kier alpha value is -4.00. The van der Waals surface area contributed by atoms with Crippen LogP contribution in [0.15, 0.2) is 71.5 Å². The van der Waals surface area contributed by atoms with Crippen molar-refractivity contribution in [3.63, 3.8) is 0 Å². The quantitative estimate of drug-likeness (QED) is 0.283. The normalized spacial score (nSPS) is 16.5. The number of anilines is 4. The number of Topliss-reactive ketones (excluding diaryl/α,β-unsaturated/α-hetero) is 1. The molecule has 0 bridgehead atoms. The first-order valence-electron chi connectivity index (χ1n) is 14.2. The summed E-state index contributed by atoms with van der Waals surface area (Å²) in [5.74, 6) is 0.658. The molecular weight excluding hydrogens is 486 g/mol. The topological polar surface area (TPSA) is 73.4 Å². The lowest BCUT2D eigenvalue weighted by molar-refractivity contribution is 0.101. The number of H-pyrrole nitrogens is 1. The van der Waals surface area contributed by atoms with E-state index >= 15 is 0 Å². The number of hydrogen-bond donors (Lipinski definition) is 2. The van der Waals surface area contributed by atoms with E-state index < -0.39 is 0 Å². The highest BCUT2D eigenvalue weighted by Gasteiger charge is 2.23. The number of piperazine rings is 1. The van der Waals surface area contributed by atoms with E-state index in [2.05, 4.69) is 44.4 Å². The molecule has 0 radical (unpaired) electrons. The molecule has 2 fully saturated rings. The number of benzene rings is 3. The van der Waals surface area contributed by atoms with Crippen LogP contribution in [0.2, 0.25) is 0 Å². The molecule has 2 aliphatic rings. The van der Waals surface area contributed by atoms with Crippen molar-refractivity contribution in [1.82, 2.24) is 9.55 Å². The summed E-state index contributed by atoms with van der Waals surface area (Å²) in [4.78, 5) is 32.7. The van der Waals surface area contributed by atoms with Gasteiger partial charge in [0.15, 0.2) is 5.78 Å². The molecule has 1 aromatic heterocycles. The largest absolute Gasteiger partial charge is 0.368 e. The molecule has 7 heteroatoms. The van der Waals surface area contributed by atoms with Crippen LogP contribution in [0.3, 0.4) is 0 Å². The van der Waals surface area contributed by atoms with E-state index in [1.165, 1.54) is 32.1 Å². The van der Waals surface area contributed by atoms with Gasteiger partial charge in [-0.25, -0.2) is 4.79 Å². The van der Waals surface area contributed by atoms with Gasteiger partial charge in [-0.1, -0.05) is 37.5 Å². The highest BCUT2D eigenvalue weighted by Crippen LogP contribution is 2.35. The van der Waals surface area contributed by atoms with Crippen LogP contribution in [-0.4, -0.2) is 41.5 Å². The Labute approximate surface area is 229 Å². The second-order valence-electron chi connectivity index (χ2n) is 11.0. The first kappa shape index (κ1) is 25.3. The number of rotatable bonds is 7. The number of hydrogen-bond acceptors (Lipinski definition) is 5. The zero-order chi connectivity index (χ0) is 26.8. The summed E-state index contributed by atoms with van der Waals surface area (Å²) in [5.41, 5.74) is 6.87. The number of carbonyl (C=O) groups is 1. The van der Waals surface area contributed by atoms with Gasteiger partial charge >= 0.3 is 5.69 Å². The average Bonchev–Trinajstić information content (AvgIpc) is 3.27. The van der Waals surface area contributed by atoms with Crippen LogP contribution >= 0.6 is 0 Å². The fraction of sp³-hybridized carbons (Fsp3) is 0.375. The minimum Gasteiger partial charge on any atom is -0.368 e. The molecule has 2 heterocycles. The van der Waals surface area contributed by atoms with Crippen LogP contribution in [-0.2, 0) is 6.54 Å². The highest BCUT2D eigenvalue weighted by atomic mass is 16.1. The van der Waals surface area contributed by atoms with Crippen molar-refractivity contribution < 1.29 is 4.79 Å². The van der Waals surface area contributed by atoms with Crippen molar-refractivity contribution >= 4 is 39.6 Å². The lowest BCUT2D eigenvalue weighted by Crippen LogP contribution is -2.46. The number of fused-ring (bicyclic) bond motifs is 1. The number of aromatic nitrogens is 2. The molecule has 0 spiro atoms. The van der Waals surface area contributed by atoms with Gasteiger partial charge in [-0.3, -0.25) is 9.36 Å². The van der Waals surface area contributed by atoms with Crippen LogP contribution in [0.4, 0.5) is 22.7 Å². The summed E-state index contributed by atoms with van der Waals surface area (Å²) in [5, 5.41) is 3.61. The monoisotopic (exact) mass is 523 g/mol. The first-order valence-corrected chi connectivity index (χ1v) is 14.2. The summed E-state index contributed by atoms with van der Waals surface area (Å²) < 4.78 is 1.97. The summed E-state index contributed by atoms with van der Waals surface area (Å²) in [7, 11) is 0. The average molecular weight is 524 g/mol. The Morgan fingerprint density at radius 1 is 0.897 bits per heavy atom. The first-order chi connectivity index (χ1) is 19.0. The molecule has 1 saturated heterocycles. The molecule has 7 nitrogen and oxygen atoms in total. The second-order valence-corrected chi connectivity index (χ2v) is 11.0. The van der Waals surface area contributed by atoms with E-state index in [0.717, 1.165) is 72.1 Å². The van der Waals surface area contributed by atoms with Crippen molar-refractivity contribution in [2.75, 3.05) is 41.3 Å². The SMILES string of the molecule is CC(=O)c1ccc(N2CCN(c3cc4c(cc3Nc3ccccc3)[nH]c(=O)n4CC3CCCCC3)CC2)cc1. The number of ketones is 1. The lowest BCUT2D eigenvalue weighted by atomic mass is 9.89. The molecule has 202 valence electrons. The number of carbonyl (C=O) groups excluding carboxylic acids is 1. The van der Waals surface area contributed by atoms with Gasteiger partial charge in [0.2, 0.25) is 0 Å². The van der Waals surface area contributed by atoms with E-state index in [-0.39, 0.29) is 11.5 Å². The molecule has 0 amide bonds. The standard InChI is InChI=1S/C32H37N5O2/c1-23(38)25-12-14-27(15-13-25)35-16-18-36(19-17-35)30-21-31-29(20-28(30)33-26-10-6-3-7-11-26)34-32(39)37(31)22-24-8-4-2-5-9-24/h3,6-7,10-15,20-21,24,33H,2,4-5,8-9,16-19,22H2,1H3,(H,34,39). The van der Waals surface area contributed by atoms with Crippen LogP contribution in [0, 0.1) is 5.92 Å². The van der Waals surface area contributed by atoms with Gasteiger partial charge in [-0.15, -0.1) is 0 Å². The molecule has 0 unspecified atom stereocenters. The van der Waals surface area contributed by atoms with E-state index in [0.29, 0.717) is 5.92 Å². The van der Waals surface area contributed by atoms with Crippen molar-refractivity contribution in [2.24, 2.45) is 5.92 Å². The smallest absolute Gasteiger partial charge is 0.326 e. The van der Waals surface area contributed by atoms with Gasteiger partial charge in [0.1, 0.15) is 0 Å². The lowest BCUT2D eigenvalue weighted by Gasteiger charge is -2.38. The third-order valence-electron chi connectivity index (χ3n) is 8.37. The van der Waals surface area contributed by atoms with Gasteiger partial charge < -0.3 is 20.1 Å². The molecule has 6 rings (SSSR count). The van der Waals surface area contributed by atoms with Crippen LogP contribution in [0.25, 0.3) is 11.0 Å². The third kappa shape index (κ3) is 5.44. The Morgan fingerprint density at radius 3 is 2.28 bits per heavy atom. The van der Waals surface area contributed by atoms with E-state index in [9.17, 15) is 9.59 Å². The molecule has 1 aliphatic carbocycles. The van der Waals surface area contributed by atoms with Crippen LogP contribution in [0.5, 0.6) is 0 Å². The van der Waals surface area contributed by atoms with Gasteiger partial charge in [0, 0.05) is 49.7 Å². The van der Waals surface area contributed by atoms with Crippen molar-refractivity contribution in [3.05, 3.63) is 82.8 Å². The number of imidazole rings is 1. The number of nitrogens with one attached hydrogen (secondary N) is 2. The summed E-state index contributed by atoms with van der Waals surface area (Å²) in [6, 6.07) is 22.4. The molecule has 1 saturated carbocycles. The molecule has 4 aromatic rings. The molecule has 1 aliphatic heterocycles. The fourth-order valence-electron chi connectivity index (χ4n) is 6.15. The van der Waals surface area contributed by atoms with Crippen molar-refractivity contribution in [1.29, 1.82) is 0 Å². The van der Waals surface area contributed by atoms with Gasteiger partial charge in [0.25, 0.3) is 0 Å². The van der Waals surface area contributed by atoms with E-state index in [1.54, 1.807) is 6.92 Å². The van der Waals surface area contributed by atoms with Crippen molar-refractivity contribution in [3.8, 4) is 0 Å². The fourth-order valence-corrected chi connectivity index (χ4v) is 6.15. The Bertz CT molecular complexity index is 1490. The second kappa shape index (κ2) is 11.0. The molecule has 2 N–H and O–H groups in total. The summed E-state index contributed by atoms with van der Waals surface area (Å²) in [6.07, 6.45) is 6.24. The summed E-state index contributed by atoms with van der Waals surface area (Å²) in [6.45, 7) is 5.87. The molecule has 0 atom stereocenters. The van der Waals surface area contributed by atoms with E-state index in [4.69, 9.17) is 0 Å². The Balaban J connectivity index is 1.30. The highest BCUT2D eigenvalue weighted by molar-refractivity contribution is 5.94. The van der Waals surface area contributed by atoms with Crippen molar-refractivity contribution in [2.45, 2.75) is 45.6 Å². The molecule has 39 heavy (non-hydrogen) atoms. The minimum atomic E-state index is -0.0165. The van der Waals surface area contributed by atoms with Crippen LogP contribution < -0.4 is 20.8 Å². The number of para-hydroxylation sites is 1. The molecular formula is C32H37N5O2. The summed E-state index contributed by atoms with van der Waals surface area (Å²) >= 11 is 0. The zero-order valence-corrected chi connectivity index (χ0v) is 22.7. The minimum absolute atomic E-state index is 0.0165. The van der Waals surface area contributed by atoms with Gasteiger partial charge in [-0.2, -0.15) is 0 Å². The third-order valence-corrected chi connectivity index (χ3v) is 8.37. The maximum absolute atomic E-state index is 13.1. The Kier molecular flexibility index (Phi) is 7.14. The number of aromatic amines is 1. The maximum atomic E-state index is 13.1. The maximum Gasteiger partial charge on any atom is 0.326 e. The van der Waals surface area contributed by atoms with Gasteiger partial charge in [0.05, 0.1) is 22.4 Å². The molecule has 3 aromatic carbocycles. The predicted molar refractivity (Wildman–Crippen MR) is 160 cm³/mol. The Morgan fingerprint density at radius 2 is 1.59 bits per heavy atom. The van der Waals surface area contributed by atoms with Gasteiger partial charge in [-0.05, 0) is 74.2 Å². The van der Waals surface area contributed by atoms with E-state index in [1.807, 2.05) is 47.0 Å².